The number of hydrogen-bond donors (Lipinski definition) is 2. The Balaban J connectivity index is 1.70. The number of aliphatic hydroxyl groups excluding tert-OH is 1. The van der Waals surface area contributed by atoms with Gasteiger partial charge in [-0.2, -0.15) is 18.3 Å². The van der Waals surface area contributed by atoms with Crippen LogP contribution in [0.5, 0.6) is 0 Å². The van der Waals surface area contributed by atoms with E-state index in [1.165, 1.54) is 17.0 Å². The molecule has 4 atom stereocenters. The molecular weight excluding hydrogens is 378 g/mol. The van der Waals surface area contributed by atoms with Crippen LogP contribution in [0, 0.1) is 11.7 Å². The first-order valence-electron chi connectivity index (χ1n) is 9.03. The Morgan fingerprint density at radius 2 is 1.82 bits per heavy atom. The molecule has 2 heterocycles. The van der Waals surface area contributed by atoms with E-state index in [1.54, 1.807) is 23.0 Å². The molecule has 1 aliphatic rings. The molecule has 0 bridgehead atoms. The van der Waals surface area contributed by atoms with Gasteiger partial charge in [-0.1, -0.05) is 6.92 Å². The lowest BCUT2D eigenvalue weighted by molar-refractivity contribution is -0.306. The van der Waals surface area contributed by atoms with Gasteiger partial charge in [-0.15, -0.1) is 0 Å². The zero-order valence-corrected chi connectivity index (χ0v) is 15.6. The van der Waals surface area contributed by atoms with Gasteiger partial charge in [-0.25, -0.2) is 9.07 Å². The zero-order chi connectivity index (χ0) is 20.7. The maximum absolute atomic E-state index is 13.1. The Hall–Kier alpha value is -1.97. The van der Waals surface area contributed by atoms with Crippen LogP contribution < -0.4 is 0 Å². The highest BCUT2D eigenvalue weighted by atomic mass is 19.4. The molecule has 2 N–H and O–H groups in total. The van der Waals surface area contributed by atoms with Crippen LogP contribution in [-0.4, -0.2) is 56.0 Å². The molecule has 9 heteroatoms. The molecule has 0 spiro atoms. The normalized spacial score (nSPS) is 24.7. The van der Waals surface area contributed by atoms with E-state index < -0.39 is 18.0 Å². The quantitative estimate of drug-likeness (QED) is 0.773. The van der Waals surface area contributed by atoms with E-state index in [2.05, 4.69) is 5.10 Å². The van der Waals surface area contributed by atoms with Gasteiger partial charge in [0.25, 0.3) is 0 Å². The third kappa shape index (κ3) is 3.92. The highest BCUT2D eigenvalue weighted by Crippen LogP contribution is 2.38. The fraction of sp³-hybridized carbons (Fsp3) is 0.526. The van der Waals surface area contributed by atoms with Crippen molar-refractivity contribution in [3.8, 4) is 5.69 Å². The summed E-state index contributed by atoms with van der Waals surface area (Å²) in [6, 6.07) is 7.72. The average molecular weight is 401 g/mol. The number of aliphatic hydroxyl groups is 2. The van der Waals surface area contributed by atoms with E-state index in [4.69, 9.17) is 0 Å². The van der Waals surface area contributed by atoms with Crippen LogP contribution >= 0.6 is 0 Å². The number of piperidine rings is 1. The van der Waals surface area contributed by atoms with Crippen molar-refractivity contribution in [1.82, 2.24) is 14.7 Å². The third-order valence-electron chi connectivity index (χ3n) is 5.44. The summed E-state index contributed by atoms with van der Waals surface area (Å²) in [5.74, 6) is -0.421. The van der Waals surface area contributed by atoms with Crippen molar-refractivity contribution < 1.29 is 27.8 Å². The number of benzene rings is 1. The highest BCUT2D eigenvalue weighted by Gasteiger charge is 2.57. The fourth-order valence-corrected chi connectivity index (χ4v) is 3.61. The van der Waals surface area contributed by atoms with Crippen LogP contribution in [0.1, 0.15) is 31.9 Å². The zero-order valence-electron chi connectivity index (χ0n) is 15.6. The summed E-state index contributed by atoms with van der Waals surface area (Å²) in [5.41, 5.74) is -1.72. The second-order valence-corrected chi connectivity index (χ2v) is 7.55. The molecule has 28 heavy (non-hydrogen) atoms. The Morgan fingerprint density at radius 3 is 2.39 bits per heavy atom. The maximum atomic E-state index is 13.1. The van der Waals surface area contributed by atoms with Crippen LogP contribution in [0.2, 0.25) is 0 Å². The van der Waals surface area contributed by atoms with E-state index >= 15 is 0 Å². The second kappa shape index (κ2) is 7.46. The minimum absolute atomic E-state index is 0.000911. The molecule has 1 aromatic heterocycles. The monoisotopic (exact) mass is 401 g/mol. The Bertz CT molecular complexity index is 804. The van der Waals surface area contributed by atoms with Gasteiger partial charge >= 0.3 is 6.18 Å². The minimum Gasteiger partial charge on any atom is -0.378 e. The number of nitrogens with zero attached hydrogens (tertiary/aromatic N) is 3. The molecule has 3 rings (SSSR count). The number of likely N-dealkylation sites (tertiary alicyclic amines) is 1. The molecule has 1 saturated heterocycles. The minimum atomic E-state index is -4.93. The molecule has 0 amide bonds. The van der Waals surface area contributed by atoms with Gasteiger partial charge < -0.3 is 10.2 Å². The summed E-state index contributed by atoms with van der Waals surface area (Å²) in [6.07, 6.45) is -4.72. The number of hydrogen-bond acceptors (Lipinski definition) is 4. The first-order chi connectivity index (χ1) is 13.0. The van der Waals surface area contributed by atoms with Crippen LogP contribution in [0.4, 0.5) is 17.6 Å². The van der Waals surface area contributed by atoms with Crippen LogP contribution in [0.3, 0.4) is 0 Å². The molecule has 0 radical (unpaired) electrons. The lowest BCUT2D eigenvalue weighted by Gasteiger charge is -2.43. The van der Waals surface area contributed by atoms with Gasteiger partial charge in [0.05, 0.1) is 11.4 Å². The summed E-state index contributed by atoms with van der Waals surface area (Å²) in [4.78, 5) is 1.26. The molecule has 154 valence electrons. The molecule has 1 fully saturated rings. The van der Waals surface area contributed by atoms with Crippen molar-refractivity contribution >= 4 is 0 Å². The van der Waals surface area contributed by atoms with Crippen molar-refractivity contribution in [3.63, 3.8) is 0 Å². The van der Waals surface area contributed by atoms with Gasteiger partial charge in [0.1, 0.15) is 12.0 Å². The maximum Gasteiger partial charge on any atom is 0.420 e. The topological polar surface area (TPSA) is 61.5 Å². The van der Waals surface area contributed by atoms with Crippen molar-refractivity contribution in [1.29, 1.82) is 0 Å². The predicted molar refractivity (Wildman–Crippen MR) is 94.3 cm³/mol. The van der Waals surface area contributed by atoms with Gasteiger partial charge in [0.15, 0.2) is 5.60 Å². The molecule has 0 aliphatic carbocycles. The summed E-state index contributed by atoms with van der Waals surface area (Å²) in [7, 11) is 0. The molecule has 1 unspecified atom stereocenters. The Morgan fingerprint density at radius 1 is 1.18 bits per heavy atom. The smallest absolute Gasteiger partial charge is 0.378 e. The number of rotatable bonds is 4. The largest absolute Gasteiger partial charge is 0.420 e. The lowest BCUT2D eigenvalue weighted by atomic mass is 9.83. The van der Waals surface area contributed by atoms with Gasteiger partial charge in [0, 0.05) is 25.2 Å². The standard InChI is InChI=1S/C19H23F4N3O2/c1-12-11-25(17(27)18(2,28)19(21,22)23)9-7-15(12)16-8-10-26(24-16)14-5-3-13(20)4-6-14/h3-6,8,10,12,15,17,27-28H,7,9,11H2,1-2H3/t12-,15+,17?,18-/m1/s1. The van der Waals surface area contributed by atoms with Gasteiger partial charge in [-0.3, -0.25) is 4.90 Å². The van der Waals surface area contributed by atoms with Crippen molar-refractivity contribution in [2.45, 2.75) is 44.2 Å². The summed E-state index contributed by atoms with van der Waals surface area (Å²) < 4.78 is 53.7. The van der Waals surface area contributed by atoms with Crippen molar-refractivity contribution in [2.24, 2.45) is 5.92 Å². The number of halogens is 4. The SMILES string of the molecule is C[C@@H]1CN(C(O)[C@@](C)(O)C(F)(F)F)CC[C@@H]1c1ccn(-c2ccc(F)cc2)n1. The van der Waals surface area contributed by atoms with E-state index in [0.717, 1.165) is 5.69 Å². The van der Waals surface area contributed by atoms with E-state index in [-0.39, 0.29) is 30.7 Å². The Kier molecular flexibility index (Phi) is 5.53. The van der Waals surface area contributed by atoms with E-state index in [9.17, 15) is 27.8 Å². The van der Waals surface area contributed by atoms with Crippen LogP contribution in [-0.2, 0) is 0 Å². The predicted octanol–water partition coefficient (Wildman–Crippen LogP) is 3.07. The molecule has 0 saturated carbocycles. The second-order valence-electron chi connectivity index (χ2n) is 7.55. The van der Waals surface area contributed by atoms with Gasteiger partial charge in [0.2, 0.25) is 0 Å². The van der Waals surface area contributed by atoms with Crippen molar-refractivity contribution in [3.05, 3.63) is 48.0 Å². The first-order valence-corrected chi connectivity index (χ1v) is 9.03. The fourth-order valence-electron chi connectivity index (χ4n) is 3.61. The van der Waals surface area contributed by atoms with Gasteiger partial charge in [-0.05, 0) is 49.6 Å². The van der Waals surface area contributed by atoms with E-state index in [0.29, 0.717) is 19.0 Å². The number of alkyl halides is 3. The van der Waals surface area contributed by atoms with Crippen LogP contribution in [0.25, 0.3) is 5.69 Å². The molecule has 2 aromatic rings. The molecular formula is C19H23F4N3O2. The highest BCUT2D eigenvalue weighted by molar-refractivity contribution is 5.31. The molecule has 1 aromatic carbocycles. The van der Waals surface area contributed by atoms with E-state index in [1.807, 2.05) is 13.0 Å². The lowest BCUT2D eigenvalue weighted by Crippen LogP contribution is -2.61. The number of aromatic nitrogens is 2. The first kappa shape index (κ1) is 20.8. The summed E-state index contributed by atoms with van der Waals surface area (Å²) in [6.45, 7) is 2.86. The van der Waals surface area contributed by atoms with Crippen LogP contribution in [0.15, 0.2) is 36.5 Å². The molecule has 1 aliphatic heterocycles. The average Bonchev–Trinajstić information content (AvgIpc) is 3.10. The Labute approximate surface area is 160 Å². The molecule has 5 nitrogen and oxygen atoms in total. The summed E-state index contributed by atoms with van der Waals surface area (Å²) >= 11 is 0. The third-order valence-corrected chi connectivity index (χ3v) is 5.44. The summed E-state index contributed by atoms with van der Waals surface area (Å²) in [5, 5.41) is 24.3. The van der Waals surface area contributed by atoms with Crippen molar-refractivity contribution in [2.75, 3.05) is 13.1 Å².